The molecule has 1 fully saturated rings. The van der Waals surface area contributed by atoms with Gasteiger partial charge in [-0.05, 0) is 19.0 Å². The summed E-state index contributed by atoms with van der Waals surface area (Å²) in [6, 6.07) is 1.03. The molecule has 0 spiro atoms. The van der Waals surface area contributed by atoms with Gasteiger partial charge in [0.1, 0.15) is 0 Å². The molecule has 1 aliphatic heterocycles. The summed E-state index contributed by atoms with van der Waals surface area (Å²) < 4.78 is 11.6. The van der Waals surface area contributed by atoms with Crippen LogP contribution in [0.1, 0.15) is 6.42 Å². The zero-order valence-corrected chi connectivity index (χ0v) is 10.6. The van der Waals surface area contributed by atoms with Gasteiger partial charge in [0.15, 0.2) is 0 Å². The van der Waals surface area contributed by atoms with Crippen molar-refractivity contribution in [2.24, 2.45) is 0 Å². The van der Waals surface area contributed by atoms with Crippen LogP contribution in [0.5, 0.6) is 0 Å². The van der Waals surface area contributed by atoms with E-state index >= 15 is 0 Å². The van der Waals surface area contributed by atoms with Crippen LogP contribution < -0.4 is 0 Å². The normalized spacial score (nSPS) is 23.5. The number of rotatable bonds is 3. The molecule has 0 aromatic carbocycles. The van der Waals surface area contributed by atoms with Crippen molar-refractivity contribution in [2.45, 2.75) is 19.0 Å². The summed E-state index contributed by atoms with van der Waals surface area (Å²) in [6.45, 7) is 3.83. The molecular weight excluding hydrogens is 224 g/mol. The third-order valence-corrected chi connectivity index (χ3v) is 6.10. The maximum atomic E-state index is 5.81. The number of hydrogen-bond donors (Lipinski definition) is 0. The van der Waals surface area contributed by atoms with Gasteiger partial charge in [-0.25, -0.2) is 0 Å². The lowest BCUT2D eigenvalue weighted by Gasteiger charge is -2.28. The van der Waals surface area contributed by atoms with Gasteiger partial charge in [0.25, 0.3) is 0 Å². The number of alkyl halides is 1. The van der Waals surface area contributed by atoms with E-state index in [4.69, 9.17) is 20.5 Å². The standard InChI is InChI=1S/C8H17ClO2SSi/c1-13(8-2-3-9)10-4-6-12-7-5-11-13/h2-8H2,1H3. The van der Waals surface area contributed by atoms with Gasteiger partial charge in [-0.2, -0.15) is 11.8 Å². The Morgan fingerprint density at radius 2 is 1.92 bits per heavy atom. The van der Waals surface area contributed by atoms with Gasteiger partial charge in [0, 0.05) is 30.6 Å². The Kier molecular flexibility index (Phi) is 5.74. The fourth-order valence-corrected chi connectivity index (χ4v) is 4.83. The number of hydrogen-bond acceptors (Lipinski definition) is 3. The van der Waals surface area contributed by atoms with Crippen molar-refractivity contribution in [3.63, 3.8) is 0 Å². The molecule has 0 atom stereocenters. The first-order chi connectivity index (χ1) is 6.27. The Labute approximate surface area is 90.6 Å². The maximum absolute atomic E-state index is 5.81. The van der Waals surface area contributed by atoms with Gasteiger partial charge in [0.2, 0.25) is 0 Å². The van der Waals surface area contributed by atoms with E-state index in [1.165, 1.54) is 0 Å². The molecule has 0 radical (unpaired) electrons. The monoisotopic (exact) mass is 240 g/mol. The smallest absolute Gasteiger partial charge is 0.335 e. The van der Waals surface area contributed by atoms with E-state index in [0.29, 0.717) is 5.88 Å². The summed E-state index contributed by atoms with van der Waals surface area (Å²) in [7, 11) is -1.84. The SMILES string of the molecule is C[Si]1(CCCCl)OCCSCCO1. The maximum Gasteiger partial charge on any atom is 0.335 e. The van der Waals surface area contributed by atoms with Crippen LogP contribution in [0.4, 0.5) is 0 Å². The molecule has 0 bridgehead atoms. The molecule has 0 aromatic heterocycles. The Morgan fingerprint density at radius 1 is 1.31 bits per heavy atom. The Morgan fingerprint density at radius 3 is 2.46 bits per heavy atom. The molecule has 0 saturated carbocycles. The van der Waals surface area contributed by atoms with E-state index < -0.39 is 8.56 Å². The lowest BCUT2D eigenvalue weighted by atomic mass is 10.6. The molecule has 13 heavy (non-hydrogen) atoms. The van der Waals surface area contributed by atoms with E-state index in [1.54, 1.807) is 0 Å². The van der Waals surface area contributed by atoms with Crippen molar-refractivity contribution in [2.75, 3.05) is 30.6 Å². The minimum Gasteiger partial charge on any atom is -0.393 e. The first-order valence-corrected chi connectivity index (χ1v) is 8.90. The average Bonchev–Trinajstić information content (AvgIpc) is 2.09. The largest absolute Gasteiger partial charge is 0.393 e. The quantitative estimate of drug-likeness (QED) is 0.558. The van der Waals surface area contributed by atoms with Crippen molar-refractivity contribution in [1.82, 2.24) is 0 Å². The number of halogens is 1. The van der Waals surface area contributed by atoms with Gasteiger partial charge in [0.05, 0.1) is 0 Å². The summed E-state index contributed by atoms with van der Waals surface area (Å²) in [5.41, 5.74) is 0. The lowest BCUT2D eigenvalue weighted by Crippen LogP contribution is -2.41. The zero-order valence-electron chi connectivity index (χ0n) is 8.05. The van der Waals surface area contributed by atoms with Crippen LogP contribution in [0.15, 0.2) is 0 Å². The molecule has 0 aromatic rings. The molecule has 2 nitrogen and oxygen atoms in total. The predicted octanol–water partition coefficient (Wildman–Crippen LogP) is 2.47. The van der Waals surface area contributed by atoms with Gasteiger partial charge in [-0.1, -0.05) is 0 Å². The Hall–Kier alpha value is 0.777. The van der Waals surface area contributed by atoms with E-state index in [-0.39, 0.29) is 0 Å². The summed E-state index contributed by atoms with van der Waals surface area (Å²) in [5.74, 6) is 2.92. The molecule has 0 amide bonds. The van der Waals surface area contributed by atoms with E-state index in [0.717, 1.165) is 37.2 Å². The molecule has 1 aliphatic rings. The van der Waals surface area contributed by atoms with Crippen LogP contribution in [-0.2, 0) is 8.85 Å². The molecule has 78 valence electrons. The van der Waals surface area contributed by atoms with Crippen LogP contribution in [0.25, 0.3) is 0 Å². The average molecular weight is 241 g/mol. The van der Waals surface area contributed by atoms with E-state index in [2.05, 4.69) is 6.55 Å². The highest BCUT2D eigenvalue weighted by Crippen LogP contribution is 2.19. The minimum absolute atomic E-state index is 0.712. The van der Waals surface area contributed by atoms with Gasteiger partial charge in [-0.3, -0.25) is 0 Å². The third-order valence-electron chi connectivity index (χ3n) is 2.03. The highest BCUT2D eigenvalue weighted by Gasteiger charge is 2.31. The van der Waals surface area contributed by atoms with Crippen LogP contribution in [0, 0.1) is 0 Å². The Balaban J connectivity index is 2.32. The molecule has 1 heterocycles. The number of thioether (sulfide) groups is 1. The highest BCUT2D eigenvalue weighted by molar-refractivity contribution is 7.99. The van der Waals surface area contributed by atoms with Crippen LogP contribution in [0.2, 0.25) is 12.6 Å². The van der Waals surface area contributed by atoms with Gasteiger partial charge in [-0.15, -0.1) is 11.6 Å². The van der Waals surface area contributed by atoms with Crippen LogP contribution in [0.3, 0.4) is 0 Å². The predicted molar refractivity (Wildman–Crippen MR) is 61.0 cm³/mol. The summed E-state index contributed by atoms with van der Waals surface area (Å²) in [4.78, 5) is 0. The molecule has 5 heteroatoms. The van der Waals surface area contributed by atoms with Crippen molar-refractivity contribution < 1.29 is 8.85 Å². The fraction of sp³-hybridized carbons (Fsp3) is 1.00. The highest BCUT2D eigenvalue weighted by atomic mass is 35.5. The minimum atomic E-state index is -1.84. The second-order valence-electron chi connectivity index (χ2n) is 3.24. The topological polar surface area (TPSA) is 18.5 Å². The zero-order chi connectivity index (χ0) is 9.57. The van der Waals surface area contributed by atoms with Crippen molar-refractivity contribution in [3.05, 3.63) is 0 Å². The van der Waals surface area contributed by atoms with Crippen molar-refractivity contribution >= 4 is 31.9 Å². The molecule has 1 saturated heterocycles. The van der Waals surface area contributed by atoms with E-state index in [1.807, 2.05) is 11.8 Å². The second-order valence-corrected chi connectivity index (χ2v) is 8.18. The Bertz CT molecular complexity index is 135. The lowest BCUT2D eigenvalue weighted by molar-refractivity contribution is 0.188. The first kappa shape index (κ1) is 11.8. The summed E-state index contributed by atoms with van der Waals surface area (Å²) in [5, 5.41) is 0. The third kappa shape index (κ3) is 4.70. The second kappa shape index (κ2) is 6.30. The fourth-order valence-electron chi connectivity index (χ4n) is 1.31. The van der Waals surface area contributed by atoms with Crippen molar-refractivity contribution in [1.29, 1.82) is 0 Å². The molecule has 1 rings (SSSR count). The van der Waals surface area contributed by atoms with Crippen molar-refractivity contribution in [3.8, 4) is 0 Å². The summed E-state index contributed by atoms with van der Waals surface area (Å²) in [6.07, 6.45) is 1.01. The van der Waals surface area contributed by atoms with Crippen LogP contribution >= 0.6 is 23.4 Å². The first-order valence-electron chi connectivity index (χ1n) is 4.68. The van der Waals surface area contributed by atoms with Crippen LogP contribution in [-0.4, -0.2) is 39.2 Å². The molecular formula is C8H17ClO2SSi. The van der Waals surface area contributed by atoms with Gasteiger partial charge < -0.3 is 8.85 Å². The van der Waals surface area contributed by atoms with Gasteiger partial charge >= 0.3 is 8.56 Å². The molecule has 0 N–H and O–H groups in total. The summed E-state index contributed by atoms with van der Waals surface area (Å²) >= 11 is 7.56. The van der Waals surface area contributed by atoms with E-state index in [9.17, 15) is 0 Å². The molecule has 0 aliphatic carbocycles. The molecule has 0 unspecified atom stereocenters.